The third kappa shape index (κ3) is 5.71. The van der Waals surface area contributed by atoms with Gasteiger partial charge in [0.2, 0.25) is 0 Å². The van der Waals surface area contributed by atoms with E-state index in [1.54, 1.807) is 26.4 Å². The van der Waals surface area contributed by atoms with Crippen molar-refractivity contribution in [3.63, 3.8) is 0 Å². The Morgan fingerprint density at radius 2 is 2.19 bits per heavy atom. The number of aryl methyl sites for hydroxylation is 2. The summed E-state index contributed by atoms with van der Waals surface area (Å²) in [4.78, 5) is 15.8. The molecule has 2 aromatic rings. The molecule has 0 aliphatic heterocycles. The second kappa shape index (κ2) is 10.8. The summed E-state index contributed by atoms with van der Waals surface area (Å²) < 4.78 is 12.3. The Kier molecular flexibility index (Phi) is 9.10. The first-order valence-corrected chi connectivity index (χ1v) is 8.07. The maximum Gasteiger partial charge on any atom is 0.341 e. The van der Waals surface area contributed by atoms with Crippen LogP contribution in [0.2, 0.25) is 0 Å². The van der Waals surface area contributed by atoms with E-state index < -0.39 is 5.97 Å². The monoisotopic (exact) mass is 476 g/mol. The SMILES string of the molecule is CCc1nncn1CCNC(=NC)NCc1cc(C(=O)OC)c(C)o1.I. The van der Waals surface area contributed by atoms with Crippen LogP contribution in [0.3, 0.4) is 0 Å². The van der Waals surface area contributed by atoms with Crippen LogP contribution in [0.5, 0.6) is 0 Å². The molecule has 9 nitrogen and oxygen atoms in total. The van der Waals surface area contributed by atoms with E-state index in [9.17, 15) is 4.79 Å². The number of nitrogens with one attached hydrogen (secondary N) is 2. The number of guanidine groups is 1. The summed E-state index contributed by atoms with van der Waals surface area (Å²) in [6, 6.07) is 1.67. The molecule has 0 amide bonds. The summed E-state index contributed by atoms with van der Waals surface area (Å²) in [7, 11) is 3.04. The average molecular weight is 476 g/mol. The number of esters is 1. The van der Waals surface area contributed by atoms with Crippen molar-refractivity contribution in [3.05, 3.63) is 35.3 Å². The number of carbonyl (C=O) groups is 1. The summed E-state index contributed by atoms with van der Waals surface area (Å²) in [5.74, 6) is 2.35. The van der Waals surface area contributed by atoms with E-state index in [0.717, 1.165) is 18.8 Å². The van der Waals surface area contributed by atoms with Crippen LogP contribution in [0, 0.1) is 6.92 Å². The fraction of sp³-hybridized carbons (Fsp3) is 0.500. The minimum Gasteiger partial charge on any atom is -0.465 e. The molecule has 0 aromatic carbocycles. The van der Waals surface area contributed by atoms with Crippen LogP contribution in [0.1, 0.15) is 34.6 Å². The number of ether oxygens (including phenoxy) is 1. The second-order valence-corrected chi connectivity index (χ2v) is 5.32. The lowest BCUT2D eigenvalue weighted by atomic mass is 10.2. The first kappa shape index (κ1) is 21.9. The van der Waals surface area contributed by atoms with E-state index in [-0.39, 0.29) is 24.0 Å². The lowest BCUT2D eigenvalue weighted by molar-refractivity contribution is 0.0599. The van der Waals surface area contributed by atoms with Crippen LogP contribution in [-0.2, 0) is 24.2 Å². The van der Waals surface area contributed by atoms with Gasteiger partial charge in [-0.3, -0.25) is 4.99 Å². The van der Waals surface area contributed by atoms with Crippen molar-refractivity contribution in [3.8, 4) is 0 Å². The number of rotatable bonds is 7. The first-order chi connectivity index (χ1) is 12.1. The van der Waals surface area contributed by atoms with E-state index in [4.69, 9.17) is 9.15 Å². The first-order valence-electron chi connectivity index (χ1n) is 8.07. The third-order valence-corrected chi connectivity index (χ3v) is 3.68. The zero-order valence-corrected chi connectivity index (χ0v) is 17.7. The maximum atomic E-state index is 11.6. The van der Waals surface area contributed by atoms with Gasteiger partial charge in [-0.05, 0) is 13.0 Å². The van der Waals surface area contributed by atoms with Gasteiger partial charge in [0.15, 0.2) is 5.96 Å². The number of furan rings is 1. The molecule has 0 fully saturated rings. The van der Waals surface area contributed by atoms with Crippen LogP contribution in [0.15, 0.2) is 21.8 Å². The summed E-state index contributed by atoms with van der Waals surface area (Å²) in [6.45, 7) is 5.60. The van der Waals surface area contributed by atoms with Gasteiger partial charge in [-0.1, -0.05) is 6.92 Å². The van der Waals surface area contributed by atoms with Gasteiger partial charge in [0, 0.05) is 26.6 Å². The van der Waals surface area contributed by atoms with E-state index in [2.05, 4.69) is 25.8 Å². The highest BCUT2D eigenvalue weighted by Crippen LogP contribution is 2.15. The predicted molar refractivity (Wildman–Crippen MR) is 108 cm³/mol. The highest BCUT2D eigenvalue weighted by molar-refractivity contribution is 14.0. The van der Waals surface area contributed by atoms with Gasteiger partial charge in [-0.25, -0.2) is 4.79 Å². The molecule has 0 aliphatic carbocycles. The van der Waals surface area contributed by atoms with Crippen LogP contribution in [0.4, 0.5) is 0 Å². The maximum absolute atomic E-state index is 11.6. The summed E-state index contributed by atoms with van der Waals surface area (Å²) in [5, 5.41) is 14.3. The van der Waals surface area contributed by atoms with Crippen molar-refractivity contribution < 1.29 is 13.9 Å². The van der Waals surface area contributed by atoms with Crippen molar-refractivity contribution in [1.29, 1.82) is 0 Å². The van der Waals surface area contributed by atoms with E-state index in [1.807, 2.05) is 11.5 Å². The van der Waals surface area contributed by atoms with Gasteiger partial charge in [0.25, 0.3) is 0 Å². The van der Waals surface area contributed by atoms with Crippen LogP contribution >= 0.6 is 24.0 Å². The number of methoxy groups -OCH3 is 1. The Morgan fingerprint density at radius 1 is 1.42 bits per heavy atom. The average Bonchev–Trinajstić information content (AvgIpc) is 3.23. The molecule has 2 rings (SSSR count). The molecule has 2 aromatic heterocycles. The van der Waals surface area contributed by atoms with Gasteiger partial charge in [-0.2, -0.15) is 0 Å². The number of carbonyl (C=O) groups excluding carboxylic acids is 1. The smallest absolute Gasteiger partial charge is 0.341 e. The van der Waals surface area contributed by atoms with Gasteiger partial charge in [0.05, 0.1) is 13.7 Å². The quantitative estimate of drug-likeness (QED) is 0.270. The summed E-state index contributed by atoms with van der Waals surface area (Å²) in [5.41, 5.74) is 0.432. The Hall–Kier alpha value is -2.11. The topological polar surface area (TPSA) is 107 Å². The zero-order valence-electron chi connectivity index (χ0n) is 15.4. The van der Waals surface area contributed by atoms with E-state index in [1.165, 1.54) is 7.11 Å². The molecule has 0 saturated heterocycles. The Balaban J connectivity index is 0.00000338. The second-order valence-electron chi connectivity index (χ2n) is 5.32. The Labute approximate surface area is 169 Å². The largest absolute Gasteiger partial charge is 0.465 e. The Morgan fingerprint density at radius 3 is 2.85 bits per heavy atom. The molecule has 0 aliphatic rings. The number of halogens is 1. The summed E-state index contributed by atoms with van der Waals surface area (Å²) >= 11 is 0. The summed E-state index contributed by atoms with van der Waals surface area (Å²) in [6.07, 6.45) is 2.56. The lowest BCUT2D eigenvalue weighted by Crippen LogP contribution is -2.38. The fourth-order valence-electron chi connectivity index (χ4n) is 2.37. The van der Waals surface area contributed by atoms with Crippen molar-refractivity contribution >= 4 is 35.9 Å². The number of aromatic nitrogens is 3. The highest BCUT2D eigenvalue weighted by atomic mass is 127. The molecule has 0 bridgehead atoms. The molecule has 0 atom stereocenters. The fourth-order valence-corrected chi connectivity index (χ4v) is 2.37. The molecule has 0 unspecified atom stereocenters. The minimum absolute atomic E-state index is 0. The highest BCUT2D eigenvalue weighted by Gasteiger charge is 2.15. The normalized spacial score (nSPS) is 11.0. The molecule has 10 heteroatoms. The van der Waals surface area contributed by atoms with Gasteiger partial charge >= 0.3 is 5.97 Å². The molecule has 144 valence electrons. The Bertz CT molecular complexity index is 740. The molecular weight excluding hydrogens is 451 g/mol. The molecule has 2 heterocycles. The zero-order chi connectivity index (χ0) is 18.2. The van der Waals surface area contributed by atoms with Crippen LogP contribution in [-0.4, -0.2) is 47.4 Å². The number of hydrogen-bond donors (Lipinski definition) is 2. The van der Waals surface area contributed by atoms with E-state index >= 15 is 0 Å². The predicted octanol–water partition coefficient (Wildman–Crippen LogP) is 1.51. The van der Waals surface area contributed by atoms with Crippen molar-refractivity contribution in [1.82, 2.24) is 25.4 Å². The lowest BCUT2D eigenvalue weighted by Gasteiger charge is -2.11. The van der Waals surface area contributed by atoms with Gasteiger partial charge in [-0.15, -0.1) is 34.2 Å². The number of hydrogen-bond acceptors (Lipinski definition) is 6. The van der Waals surface area contributed by atoms with Crippen LogP contribution < -0.4 is 10.6 Å². The van der Waals surface area contributed by atoms with Crippen molar-refractivity contribution in [2.45, 2.75) is 33.4 Å². The number of nitrogens with zero attached hydrogens (tertiary/aromatic N) is 4. The third-order valence-electron chi connectivity index (χ3n) is 3.68. The molecular formula is C16H25IN6O3. The molecule has 26 heavy (non-hydrogen) atoms. The van der Waals surface area contributed by atoms with Crippen molar-refractivity contribution in [2.75, 3.05) is 20.7 Å². The van der Waals surface area contributed by atoms with E-state index in [0.29, 0.717) is 36.1 Å². The van der Waals surface area contributed by atoms with Gasteiger partial charge in [0.1, 0.15) is 29.2 Å². The van der Waals surface area contributed by atoms with Crippen LogP contribution in [0.25, 0.3) is 0 Å². The number of aliphatic imine (C=N–C) groups is 1. The standard InChI is InChI=1S/C16H24N6O3.HI/c1-5-14-21-20-10-22(14)7-6-18-16(17-3)19-9-12-8-13(11(2)25-12)15(23)24-4;/h8,10H,5-7,9H2,1-4H3,(H2,17,18,19);1H. The molecule has 0 spiro atoms. The minimum atomic E-state index is -0.407. The van der Waals surface area contributed by atoms with Crippen molar-refractivity contribution in [2.24, 2.45) is 4.99 Å². The molecule has 2 N–H and O–H groups in total. The van der Waals surface area contributed by atoms with Gasteiger partial charge < -0.3 is 24.4 Å². The molecule has 0 saturated carbocycles. The molecule has 0 radical (unpaired) electrons.